The molecule has 2 aromatic rings. The van der Waals surface area contributed by atoms with Crippen molar-refractivity contribution in [2.24, 2.45) is 0 Å². The largest absolute Gasteiger partial charge is 0.488 e. The first-order valence-corrected chi connectivity index (χ1v) is 7.08. The van der Waals surface area contributed by atoms with E-state index in [9.17, 15) is 0 Å². The molecule has 0 saturated heterocycles. The monoisotopic (exact) mass is 280 g/mol. The molecule has 0 amide bonds. The van der Waals surface area contributed by atoms with Gasteiger partial charge in [-0.3, -0.25) is 0 Å². The Morgan fingerprint density at radius 2 is 1.90 bits per heavy atom. The van der Waals surface area contributed by atoms with Crippen LogP contribution >= 0.6 is 0 Å². The maximum atomic E-state index is 8.82. The van der Waals surface area contributed by atoms with Gasteiger partial charge >= 0.3 is 0 Å². The van der Waals surface area contributed by atoms with Gasteiger partial charge in [-0.25, -0.2) is 0 Å². The molecule has 2 aromatic carbocycles. The van der Waals surface area contributed by atoms with E-state index in [1.54, 1.807) is 0 Å². The van der Waals surface area contributed by atoms with Crippen molar-refractivity contribution in [1.29, 1.82) is 0 Å². The second-order valence-electron chi connectivity index (χ2n) is 4.99. The van der Waals surface area contributed by atoms with Crippen LogP contribution in [-0.4, -0.2) is 11.7 Å². The fourth-order valence-corrected chi connectivity index (χ4v) is 2.01. The normalized spacial score (nSPS) is 9.86. The Labute approximate surface area is 126 Å². The Morgan fingerprint density at radius 3 is 2.67 bits per heavy atom. The maximum absolute atomic E-state index is 8.82. The maximum Gasteiger partial charge on any atom is 0.135 e. The molecule has 2 heteroatoms. The lowest BCUT2D eigenvalue weighted by molar-refractivity contribution is 0.303. The van der Waals surface area contributed by atoms with Gasteiger partial charge in [0.2, 0.25) is 0 Å². The lowest BCUT2D eigenvalue weighted by Gasteiger charge is -2.11. The zero-order chi connectivity index (χ0) is 15.1. The second-order valence-corrected chi connectivity index (χ2v) is 4.99. The van der Waals surface area contributed by atoms with Gasteiger partial charge in [0.25, 0.3) is 0 Å². The van der Waals surface area contributed by atoms with Crippen LogP contribution < -0.4 is 4.74 Å². The number of aryl methyl sites for hydroxylation is 2. The average molecular weight is 280 g/mol. The minimum atomic E-state index is 0.0816. The zero-order valence-electron chi connectivity index (χ0n) is 12.5. The van der Waals surface area contributed by atoms with Crippen LogP contribution in [0, 0.1) is 25.7 Å². The van der Waals surface area contributed by atoms with E-state index in [0.717, 1.165) is 16.9 Å². The summed E-state index contributed by atoms with van der Waals surface area (Å²) in [5.74, 6) is 6.81. The molecule has 0 aliphatic heterocycles. The van der Waals surface area contributed by atoms with E-state index in [0.29, 0.717) is 13.0 Å². The van der Waals surface area contributed by atoms with Crippen LogP contribution in [-0.2, 0) is 6.61 Å². The summed E-state index contributed by atoms with van der Waals surface area (Å²) in [6.45, 7) is 4.72. The van der Waals surface area contributed by atoms with Gasteiger partial charge in [-0.1, -0.05) is 42.2 Å². The van der Waals surface area contributed by atoms with Crippen LogP contribution in [0.1, 0.15) is 28.7 Å². The summed E-state index contributed by atoms with van der Waals surface area (Å²) in [4.78, 5) is 0. The standard InChI is InChI=1S/C19H20O2/c1-15-10-11-19(17(13-15)8-5-6-12-20)21-14-18-9-4-3-7-16(18)2/h3-4,7,9-11,13,20H,6,12,14H2,1-2H3. The molecule has 0 aromatic heterocycles. The molecule has 0 aliphatic carbocycles. The number of hydrogen-bond donors (Lipinski definition) is 1. The third-order valence-corrected chi connectivity index (χ3v) is 3.24. The first kappa shape index (κ1) is 15.2. The van der Waals surface area contributed by atoms with Crippen LogP contribution in [0.5, 0.6) is 5.75 Å². The predicted octanol–water partition coefficient (Wildman–Crippen LogP) is 3.62. The van der Waals surface area contributed by atoms with Crippen molar-refractivity contribution >= 4 is 0 Å². The Morgan fingerprint density at radius 1 is 1.10 bits per heavy atom. The molecule has 0 heterocycles. The molecule has 108 valence electrons. The van der Waals surface area contributed by atoms with E-state index in [1.165, 1.54) is 11.1 Å². The number of benzene rings is 2. The molecule has 1 N–H and O–H groups in total. The van der Waals surface area contributed by atoms with Gasteiger partial charge in [-0.05, 0) is 42.7 Å². The Balaban J connectivity index is 2.16. The van der Waals surface area contributed by atoms with Gasteiger partial charge in [0.1, 0.15) is 12.4 Å². The first-order chi connectivity index (χ1) is 10.2. The highest BCUT2D eigenvalue weighted by Crippen LogP contribution is 2.21. The van der Waals surface area contributed by atoms with Crippen molar-refractivity contribution in [3.63, 3.8) is 0 Å². The van der Waals surface area contributed by atoms with Crippen molar-refractivity contribution in [3.05, 3.63) is 64.7 Å². The average Bonchev–Trinajstić information content (AvgIpc) is 2.48. The smallest absolute Gasteiger partial charge is 0.135 e. The van der Waals surface area contributed by atoms with Gasteiger partial charge in [-0.2, -0.15) is 0 Å². The summed E-state index contributed by atoms with van der Waals surface area (Å²) in [6, 6.07) is 14.2. The topological polar surface area (TPSA) is 29.5 Å². The second kappa shape index (κ2) is 7.52. The van der Waals surface area contributed by atoms with Crippen LogP contribution in [0.3, 0.4) is 0 Å². The number of hydrogen-bond acceptors (Lipinski definition) is 2. The van der Waals surface area contributed by atoms with Crippen LogP contribution in [0.25, 0.3) is 0 Å². The highest BCUT2D eigenvalue weighted by Gasteiger charge is 2.04. The van der Waals surface area contributed by atoms with Gasteiger partial charge in [-0.15, -0.1) is 0 Å². The summed E-state index contributed by atoms with van der Waals surface area (Å²) < 4.78 is 5.92. The SMILES string of the molecule is Cc1ccc(OCc2ccccc2C)c(C#CCCO)c1. The Kier molecular flexibility index (Phi) is 5.43. The molecule has 2 rings (SSSR count). The lowest BCUT2D eigenvalue weighted by Crippen LogP contribution is -1.99. The van der Waals surface area contributed by atoms with Crippen molar-refractivity contribution in [2.45, 2.75) is 26.9 Å². The van der Waals surface area contributed by atoms with Gasteiger partial charge in [0, 0.05) is 6.42 Å². The number of aliphatic hydroxyl groups is 1. The van der Waals surface area contributed by atoms with E-state index in [2.05, 4.69) is 30.9 Å². The summed E-state index contributed by atoms with van der Waals surface area (Å²) in [5, 5.41) is 8.82. The minimum Gasteiger partial charge on any atom is -0.488 e. The van der Waals surface area contributed by atoms with E-state index >= 15 is 0 Å². The summed E-state index contributed by atoms with van der Waals surface area (Å²) in [7, 11) is 0. The third-order valence-electron chi connectivity index (χ3n) is 3.24. The number of rotatable bonds is 4. The van der Waals surface area contributed by atoms with Crippen molar-refractivity contribution < 1.29 is 9.84 Å². The van der Waals surface area contributed by atoms with Crippen molar-refractivity contribution in [3.8, 4) is 17.6 Å². The number of ether oxygens (including phenoxy) is 1. The summed E-state index contributed by atoms with van der Waals surface area (Å²) >= 11 is 0. The fraction of sp³-hybridized carbons (Fsp3) is 0.263. The first-order valence-electron chi connectivity index (χ1n) is 7.08. The van der Waals surface area contributed by atoms with Crippen molar-refractivity contribution in [2.75, 3.05) is 6.61 Å². The molecule has 0 saturated carbocycles. The van der Waals surface area contributed by atoms with E-state index in [4.69, 9.17) is 9.84 Å². The zero-order valence-corrected chi connectivity index (χ0v) is 12.5. The van der Waals surface area contributed by atoms with Gasteiger partial charge < -0.3 is 9.84 Å². The minimum absolute atomic E-state index is 0.0816. The Hall–Kier alpha value is -2.24. The molecular weight excluding hydrogens is 260 g/mol. The fourth-order valence-electron chi connectivity index (χ4n) is 2.01. The molecule has 0 radical (unpaired) electrons. The molecule has 0 unspecified atom stereocenters. The molecule has 0 atom stereocenters. The lowest BCUT2D eigenvalue weighted by atomic mass is 10.1. The molecular formula is C19H20O2. The van der Waals surface area contributed by atoms with E-state index < -0.39 is 0 Å². The van der Waals surface area contributed by atoms with Crippen molar-refractivity contribution in [1.82, 2.24) is 0 Å². The molecule has 0 aliphatic rings. The molecule has 0 spiro atoms. The summed E-state index contributed by atoms with van der Waals surface area (Å²) in [5.41, 5.74) is 4.41. The van der Waals surface area contributed by atoms with E-state index in [1.807, 2.05) is 37.3 Å². The summed E-state index contributed by atoms with van der Waals surface area (Å²) in [6.07, 6.45) is 0.477. The molecule has 21 heavy (non-hydrogen) atoms. The van der Waals surface area contributed by atoms with Gasteiger partial charge in [0.05, 0.1) is 12.2 Å². The molecule has 0 bridgehead atoms. The van der Waals surface area contributed by atoms with Crippen LogP contribution in [0.4, 0.5) is 0 Å². The quantitative estimate of drug-likeness (QED) is 0.867. The van der Waals surface area contributed by atoms with Crippen LogP contribution in [0.2, 0.25) is 0 Å². The third kappa shape index (κ3) is 4.37. The Bertz CT molecular complexity index is 663. The van der Waals surface area contributed by atoms with Crippen LogP contribution in [0.15, 0.2) is 42.5 Å². The highest BCUT2D eigenvalue weighted by molar-refractivity contribution is 5.48. The molecule has 0 fully saturated rings. The predicted molar refractivity (Wildman–Crippen MR) is 85.3 cm³/mol. The molecule has 2 nitrogen and oxygen atoms in total. The number of aliphatic hydroxyl groups excluding tert-OH is 1. The van der Waals surface area contributed by atoms with E-state index in [-0.39, 0.29) is 6.61 Å². The highest BCUT2D eigenvalue weighted by atomic mass is 16.5. The van der Waals surface area contributed by atoms with Gasteiger partial charge in [0.15, 0.2) is 0 Å².